The van der Waals surface area contributed by atoms with Crippen molar-refractivity contribution in [2.24, 2.45) is 0 Å². The summed E-state index contributed by atoms with van der Waals surface area (Å²) in [6.45, 7) is 0.745. The predicted octanol–water partition coefficient (Wildman–Crippen LogP) is 3.82. The number of hydrogen-bond acceptors (Lipinski definition) is 6. The van der Waals surface area contributed by atoms with Crippen LogP contribution in [0.1, 0.15) is 5.56 Å². The van der Waals surface area contributed by atoms with E-state index in [4.69, 9.17) is 14.2 Å². The molecule has 1 N–H and O–H groups in total. The van der Waals surface area contributed by atoms with Crippen LogP contribution in [0.2, 0.25) is 0 Å². The molecule has 0 aliphatic heterocycles. The highest BCUT2D eigenvalue weighted by molar-refractivity contribution is 5.62. The van der Waals surface area contributed by atoms with Gasteiger partial charge in [0.25, 0.3) is 0 Å². The van der Waals surface area contributed by atoms with Gasteiger partial charge in [0.15, 0.2) is 11.5 Å². The number of nitrogens with one attached hydrogen (secondary N) is 1. The summed E-state index contributed by atoms with van der Waals surface area (Å²) in [5, 5.41) is 3.34. The molecule has 0 radical (unpaired) electrons. The molecule has 140 valence electrons. The zero-order valence-corrected chi connectivity index (χ0v) is 15.7. The van der Waals surface area contributed by atoms with Gasteiger partial charge in [-0.15, -0.1) is 0 Å². The third-order valence-corrected chi connectivity index (χ3v) is 4.22. The molecule has 0 amide bonds. The van der Waals surface area contributed by atoms with Gasteiger partial charge in [-0.3, -0.25) is 0 Å². The Morgan fingerprint density at radius 2 is 1.59 bits per heavy atom. The van der Waals surface area contributed by atoms with Gasteiger partial charge in [0.2, 0.25) is 0 Å². The third-order valence-electron chi connectivity index (χ3n) is 4.22. The number of anilines is 1. The summed E-state index contributed by atoms with van der Waals surface area (Å²) in [6, 6.07) is 15.7. The molecule has 0 bridgehead atoms. The highest BCUT2D eigenvalue weighted by atomic mass is 16.5. The van der Waals surface area contributed by atoms with E-state index in [0.717, 1.165) is 52.9 Å². The van der Waals surface area contributed by atoms with Crippen molar-refractivity contribution in [3.8, 4) is 28.5 Å². The molecular weight excluding hydrogens is 342 g/mol. The van der Waals surface area contributed by atoms with Gasteiger partial charge < -0.3 is 19.5 Å². The smallest absolute Gasteiger partial charge is 0.160 e. The van der Waals surface area contributed by atoms with Gasteiger partial charge in [0.1, 0.15) is 17.9 Å². The van der Waals surface area contributed by atoms with Crippen LogP contribution < -0.4 is 19.5 Å². The van der Waals surface area contributed by atoms with Crippen LogP contribution in [0.25, 0.3) is 11.3 Å². The summed E-state index contributed by atoms with van der Waals surface area (Å²) in [6.07, 6.45) is 2.40. The van der Waals surface area contributed by atoms with E-state index >= 15 is 0 Å². The van der Waals surface area contributed by atoms with Crippen LogP contribution in [0.3, 0.4) is 0 Å². The van der Waals surface area contributed by atoms with E-state index in [0.29, 0.717) is 0 Å². The Bertz CT molecular complexity index is 882. The number of nitrogens with zero attached hydrogens (tertiary/aromatic N) is 2. The number of rotatable bonds is 8. The summed E-state index contributed by atoms with van der Waals surface area (Å²) in [7, 11) is 4.93. The van der Waals surface area contributed by atoms with Gasteiger partial charge in [-0.2, -0.15) is 0 Å². The van der Waals surface area contributed by atoms with Crippen molar-refractivity contribution in [3.05, 3.63) is 60.4 Å². The van der Waals surface area contributed by atoms with E-state index in [1.165, 1.54) is 0 Å². The minimum Gasteiger partial charge on any atom is -0.497 e. The summed E-state index contributed by atoms with van der Waals surface area (Å²) in [4.78, 5) is 8.65. The lowest BCUT2D eigenvalue weighted by Gasteiger charge is -2.10. The Hall–Kier alpha value is -3.28. The number of aromatic nitrogens is 2. The first-order valence-corrected chi connectivity index (χ1v) is 8.64. The maximum absolute atomic E-state index is 5.35. The second kappa shape index (κ2) is 8.89. The van der Waals surface area contributed by atoms with E-state index in [9.17, 15) is 0 Å². The summed E-state index contributed by atoms with van der Waals surface area (Å²) >= 11 is 0. The predicted molar refractivity (Wildman–Crippen MR) is 106 cm³/mol. The first kappa shape index (κ1) is 18.5. The lowest BCUT2D eigenvalue weighted by Crippen LogP contribution is -2.07. The summed E-state index contributed by atoms with van der Waals surface area (Å²) < 4.78 is 15.8. The molecule has 6 heteroatoms. The molecule has 0 unspecified atom stereocenters. The fourth-order valence-electron chi connectivity index (χ4n) is 2.74. The fraction of sp³-hybridized carbons (Fsp3) is 0.238. The van der Waals surface area contributed by atoms with Crippen LogP contribution in [-0.4, -0.2) is 37.8 Å². The van der Waals surface area contributed by atoms with Crippen molar-refractivity contribution >= 4 is 5.82 Å². The minimum absolute atomic E-state index is 0.731. The molecule has 0 atom stereocenters. The summed E-state index contributed by atoms with van der Waals surface area (Å²) in [5.74, 6) is 3.07. The standard InChI is InChI=1S/C21H23N3O3/c1-25-17-7-5-16(6-8-17)18-13-21(24-14-23-18)22-11-10-15-4-9-19(26-2)20(12-15)27-3/h4-9,12-14H,10-11H2,1-3H3,(H,22,23,24). The Kier molecular flexibility index (Phi) is 6.10. The molecular formula is C21H23N3O3. The number of benzene rings is 2. The van der Waals surface area contributed by atoms with Crippen molar-refractivity contribution in [1.29, 1.82) is 0 Å². The van der Waals surface area contributed by atoms with Crippen LogP contribution in [0, 0.1) is 0 Å². The molecule has 0 saturated heterocycles. The summed E-state index contributed by atoms with van der Waals surface area (Å²) in [5.41, 5.74) is 3.03. The largest absolute Gasteiger partial charge is 0.497 e. The molecule has 0 fully saturated rings. The highest BCUT2D eigenvalue weighted by Gasteiger charge is 2.06. The van der Waals surface area contributed by atoms with Crippen LogP contribution >= 0.6 is 0 Å². The molecule has 0 spiro atoms. The van der Waals surface area contributed by atoms with Crippen molar-refractivity contribution in [3.63, 3.8) is 0 Å². The van der Waals surface area contributed by atoms with Crippen LogP contribution in [0.5, 0.6) is 17.2 Å². The van der Waals surface area contributed by atoms with E-state index in [-0.39, 0.29) is 0 Å². The number of methoxy groups -OCH3 is 3. The van der Waals surface area contributed by atoms with Gasteiger partial charge in [-0.25, -0.2) is 9.97 Å². The minimum atomic E-state index is 0.731. The zero-order chi connectivity index (χ0) is 19.1. The van der Waals surface area contributed by atoms with Crippen molar-refractivity contribution in [2.45, 2.75) is 6.42 Å². The quantitative estimate of drug-likeness (QED) is 0.655. The third kappa shape index (κ3) is 4.67. The molecule has 0 aliphatic carbocycles. The van der Waals surface area contributed by atoms with Gasteiger partial charge in [-0.05, 0) is 48.4 Å². The Morgan fingerprint density at radius 1 is 0.815 bits per heavy atom. The molecule has 3 rings (SSSR count). The molecule has 0 aliphatic rings. The van der Waals surface area contributed by atoms with E-state index in [1.54, 1.807) is 27.7 Å². The number of ether oxygens (including phenoxy) is 3. The van der Waals surface area contributed by atoms with E-state index in [2.05, 4.69) is 15.3 Å². The molecule has 1 aromatic heterocycles. The molecule has 3 aromatic rings. The lowest BCUT2D eigenvalue weighted by molar-refractivity contribution is 0.354. The molecule has 27 heavy (non-hydrogen) atoms. The molecule has 1 heterocycles. The van der Waals surface area contributed by atoms with Gasteiger partial charge >= 0.3 is 0 Å². The number of hydrogen-bond donors (Lipinski definition) is 1. The fourth-order valence-corrected chi connectivity index (χ4v) is 2.74. The van der Waals surface area contributed by atoms with Gasteiger partial charge in [0, 0.05) is 18.2 Å². The van der Waals surface area contributed by atoms with Crippen molar-refractivity contribution in [2.75, 3.05) is 33.2 Å². The van der Waals surface area contributed by atoms with Crippen LogP contribution in [-0.2, 0) is 6.42 Å². The van der Waals surface area contributed by atoms with E-state index in [1.807, 2.05) is 48.5 Å². The monoisotopic (exact) mass is 365 g/mol. The zero-order valence-electron chi connectivity index (χ0n) is 15.7. The Balaban J connectivity index is 1.63. The SMILES string of the molecule is COc1ccc(-c2cc(NCCc3ccc(OC)c(OC)c3)ncn2)cc1. The molecule has 0 saturated carbocycles. The molecule has 2 aromatic carbocycles. The maximum Gasteiger partial charge on any atom is 0.160 e. The van der Waals surface area contributed by atoms with Crippen LogP contribution in [0.15, 0.2) is 54.9 Å². The highest BCUT2D eigenvalue weighted by Crippen LogP contribution is 2.27. The Morgan fingerprint density at radius 3 is 2.30 bits per heavy atom. The second-order valence-electron chi connectivity index (χ2n) is 5.88. The van der Waals surface area contributed by atoms with Gasteiger partial charge in [0.05, 0.1) is 27.0 Å². The Labute approximate surface area is 159 Å². The van der Waals surface area contributed by atoms with Crippen molar-refractivity contribution < 1.29 is 14.2 Å². The lowest BCUT2D eigenvalue weighted by atomic mass is 10.1. The first-order chi connectivity index (χ1) is 13.2. The average Bonchev–Trinajstić information content (AvgIpc) is 2.74. The van der Waals surface area contributed by atoms with Gasteiger partial charge in [-0.1, -0.05) is 6.07 Å². The first-order valence-electron chi connectivity index (χ1n) is 8.64. The van der Waals surface area contributed by atoms with Crippen LogP contribution in [0.4, 0.5) is 5.82 Å². The van der Waals surface area contributed by atoms with E-state index < -0.39 is 0 Å². The normalized spacial score (nSPS) is 10.3. The topological polar surface area (TPSA) is 65.5 Å². The second-order valence-corrected chi connectivity index (χ2v) is 5.88. The maximum atomic E-state index is 5.35. The average molecular weight is 365 g/mol. The van der Waals surface area contributed by atoms with Crippen molar-refractivity contribution in [1.82, 2.24) is 9.97 Å². The molecule has 6 nitrogen and oxygen atoms in total.